The zero-order valence-corrected chi connectivity index (χ0v) is 19.8. The maximum absolute atomic E-state index is 13.0. The summed E-state index contributed by atoms with van der Waals surface area (Å²) >= 11 is 0.787. The van der Waals surface area contributed by atoms with Gasteiger partial charge in [-0.05, 0) is 25.0 Å². The number of carbonyl (C=O) groups excluding carboxylic acids is 2. The molecule has 0 atom stereocenters. The second-order valence-corrected chi connectivity index (χ2v) is 8.55. The van der Waals surface area contributed by atoms with Crippen molar-refractivity contribution >= 4 is 29.1 Å². The fraction of sp³-hybridized carbons (Fsp3) is 0.318. The van der Waals surface area contributed by atoms with Crippen LogP contribution in [0.4, 0.5) is 23.8 Å². The molecule has 3 heterocycles. The maximum Gasteiger partial charge on any atom is 0.434 e. The molecular formula is C22H25F3N6O2S. The normalized spacial score (nSPS) is 10.9. The lowest BCUT2D eigenvalue weighted by Crippen LogP contribution is -2.28. The Morgan fingerprint density at radius 3 is 2.35 bits per heavy atom. The summed E-state index contributed by atoms with van der Waals surface area (Å²) in [5, 5.41) is 5.99. The van der Waals surface area contributed by atoms with Gasteiger partial charge in [-0.2, -0.15) is 13.2 Å². The third-order valence-electron chi connectivity index (χ3n) is 3.84. The van der Waals surface area contributed by atoms with E-state index < -0.39 is 23.8 Å². The summed E-state index contributed by atoms with van der Waals surface area (Å²) in [5.41, 5.74) is 5.43. The van der Waals surface area contributed by atoms with Crippen LogP contribution in [0.3, 0.4) is 0 Å². The Morgan fingerprint density at radius 2 is 1.79 bits per heavy atom. The van der Waals surface area contributed by atoms with Crippen LogP contribution in [-0.2, 0) is 6.18 Å². The highest BCUT2D eigenvalue weighted by Crippen LogP contribution is 2.38. The van der Waals surface area contributed by atoms with Crippen LogP contribution in [0.1, 0.15) is 43.7 Å². The van der Waals surface area contributed by atoms with Gasteiger partial charge in [0, 0.05) is 47.2 Å². The average Bonchev–Trinajstić information content (AvgIpc) is 3.24. The number of hydrogen-bond donors (Lipinski definition) is 3. The molecule has 0 aromatic carbocycles. The van der Waals surface area contributed by atoms with E-state index in [4.69, 9.17) is 5.73 Å². The highest BCUT2D eigenvalue weighted by Gasteiger charge is 2.34. The summed E-state index contributed by atoms with van der Waals surface area (Å²) in [7, 11) is 0. The number of nitrogens with zero attached hydrogens (tertiary/aromatic N) is 3. The number of carbonyl (C=O) groups is 2. The Bertz CT molecular complexity index is 1140. The van der Waals surface area contributed by atoms with E-state index in [1.54, 1.807) is 6.92 Å². The number of primary amides is 1. The van der Waals surface area contributed by atoms with Crippen molar-refractivity contribution in [3.63, 3.8) is 0 Å². The van der Waals surface area contributed by atoms with Crippen molar-refractivity contribution in [1.82, 2.24) is 20.3 Å². The smallest absolute Gasteiger partial charge is 0.366 e. The number of rotatable bonds is 5. The van der Waals surface area contributed by atoms with Gasteiger partial charge in [0.15, 0.2) is 5.69 Å². The third-order valence-corrected chi connectivity index (χ3v) is 4.72. The summed E-state index contributed by atoms with van der Waals surface area (Å²) in [6.07, 6.45) is -0.554. The molecule has 0 aliphatic rings. The fourth-order valence-corrected chi connectivity index (χ4v) is 3.36. The van der Waals surface area contributed by atoms with Gasteiger partial charge < -0.3 is 11.1 Å². The number of anilines is 1. The first-order chi connectivity index (χ1) is 15.9. The van der Waals surface area contributed by atoms with Gasteiger partial charge in [0.2, 0.25) is 5.91 Å². The lowest BCUT2D eigenvalue weighted by molar-refractivity contribution is -0.140. The zero-order valence-electron chi connectivity index (χ0n) is 19.0. The standard InChI is InChI=1S/C18H15F3N6O2S.C4H10/c1-2-24-17(29)27-14-4-11(16-26-13(8-30-16)18(19,20)21)12(7-25-14)9-3-10(15(22)28)6-23-5-9;1-4(2)3/h3-8H,2H2,1H3,(H2,22,28)(H2,24,25,27,29);4H,1-3H3. The van der Waals surface area contributed by atoms with Gasteiger partial charge in [-0.1, -0.05) is 20.8 Å². The Balaban J connectivity index is 0.000000945. The first-order valence-corrected chi connectivity index (χ1v) is 11.1. The van der Waals surface area contributed by atoms with E-state index in [9.17, 15) is 22.8 Å². The minimum atomic E-state index is -4.60. The number of thiazole rings is 1. The number of nitrogens with two attached hydrogens (primary N) is 1. The van der Waals surface area contributed by atoms with E-state index in [0.29, 0.717) is 17.7 Å². The lowest BCUT2D eigenvalue weighted by Gasteiger charge is -2.11. The van der Waals surface area contributed by atoms with Crippen molar-refractivity contribution < 1.29 is 22.8 Å². The number of urea groups is 1. The second kappa shape index (κ2) is 11.5. The summed E-state index contributed by atoms with van der Waals surface area (Å²) in [6, 6.07) is 2.34. The highest BCUT2D eigenvalue weighted by molar-refractivity contribution is 7.13. The molecule has 3 aromatic heterocycles. The van der Waals surface area contributed by atoms with Crippen LogP contribution in [0.5, 0.6) is 0 Å². The van der Waals surface area contributed by atoms with Crippen molar-refractivity contribution in [1.29, 1.82) is 0 Å². The van der Waals surface area contributed by atoms with Crippen LogP contribution in [0.2, 0.25) is 0 Å². The van der Waals surface area contributed by atoms with Crippen LogP contribution in [0, 0.1) is 5.92 Å². The predicted octanol–water partition coefficient (Wildman–Crippen LogP) is 5.19. The predicted molar refractivity (Wildman–Crippen MR) is 125 cm³/mol. The molecule has 4 N–H and O–H groups in total. The summed E-state index contributed by atoms with van der Waals surface area (Å²) in [5.74, 6) is 0.240. The zero-order chi connectivity index (χ0) is 25.5. The van der Waals surface area contributed by atoms with Gasteiger partial charge in [-0.15, -0.1) is 11.3 Å². The number of nitrogens with one attached hydrogen (secondary N) is 2. The van der Waals surface area contributed by atoms with E-state index in [1.165, 1.54) is 30.7 Å². The first-order valence-electron chi connectivity index (χ1n) is 10.3. The molecule has 0 saturated carbocycles. The number of hydrogen-bond acceptors (Lipinski definition) is 6. The molecule has 0 bridgehead atoms. The van der Waals surface area contributed by atoms with Crippen molar-refractivity contribution in [2.75, 3.05) is 11.9 Å². The fourth-order valence-electron chi connectivity index (χ4n) is 2.50. The Labute approximate surface area is 198 Å². The number of aromatic nitrogens is 3. The number of pyridine rings is 2. The van der Waals surface area contributed by atoms with Gasteiger partial charge in [0.05, 0.1) is 5.56 Å². The lowest BCUT2D eigenvalue weighted by atomic mass is 10.0. The molecule has 0 aliphatic carbocycles. The molecule has 0 unspecified atom stereocenters. The molecular weight excluding hydrogens is 469 g/mol. The molecule has 0 spiro atoms. The van der Waals surface area contributed by atoms with E-state index in [-0.39, 0.29) is 22.0 Å². The molecule has 8 nitrogen and oxygen atoms in total. The van der Waals surface area contributed by atoms with Crippen molar-refractivity contribution in [2.24, 2.45) is 11.7 Å². The van der Waals surface area contributed by atoms with Gasteiger partial charge >= 0.3 is 12.2 Å². The first kappa shape index (κ1) is 26.7. The quantitative estimate of drug-likeness (QED) is 0.451. The van der Waals surface area contributed by atoms with E-state index >= 15 is 0 Å². The topological polar surface area (TPSA) is 123 Å². The third kappa shape index (κ3) is 7.51. The molecule has 3 rings (SSSR count). The van der Waals surface area contributed by atoms with E-state index in [0.717, 1.165) is 22.6 Å². The van der Waals surface area contributed by atoms with Crippen LogP contribution in [0.15, 0.2) is 36.1 Å². The van der Waals surface area contributed by atoms with Gasteiger partial charge in [0.25, 0.3) is 0 Å². The van der Waals surface area contributed by atoms with E-state index in [2.05, 4.69) is 46.4 Å². The second-order valence-electron chi connectivity index (χ2n) is 7.69. The van der Waals surface area contributed by atoms with Crippen molar-refractivity contribution in [3.05, 3.63) is 47.4 Å². The molecule has 0 radical (unpaired) electrons. The Hall–Kier alpha value is -3.54. The molecule has 34 heavy (non-hydrogen) atoms. The SMILES string of the molecule is CC(C)C.CCNC(=O)Nc1cc(-c2nc(C(F)(F)F)cs2)c(-c2cncc(C(N)=O)c2)cn1. The van der Waals surface area contributed by atoms with Gasteiger partial charge in [0.1, 0.15) is 10.8 Å². The molecule has 12 heteroatoms. The Morgan fingerprint density at radius 1 is 1.12 bits per heavy atom. The number of amides is 3. The molecule has 3 aromatic rings. The Kier molecular flexibility index (Phi) is 9.07. The van der Waals surface area contributed by atoms with Crippen LogP contribution in [0.25, 0.3) is 21.7 Å². The largest absolute Gasteiger partial charge is 0.434 e. The van der Waals surface area contributed by atoms with Crippen molar-refractivity contribution in [3.8, 4) is 21.7 Å². The molecule has 0 saturated heterocycles. The average molecular weight is 495 g/mol. The molecule has 0 fully saturated rings. The molecule has 182 valence electrons. The number of alkyl halides is 3. The minimum Gasteiger partial charge on any atom is -0.366 e. The minimum absolute atomic E-state index is 0.0585. The van der Waals surface area contributed by atoms with Gasteiger partial charge in [-0.25, -0.2) is 14.8 Å². The maximum atomic E-state index is 13.0. The van der Waals surface area contributed by atoms with Crippen LogP contribution < -0.4 is 16.4 Å². The van der Waals surface area contributed by atoms with Crippen molar-refractivity contribution in [2.45, 2.75) is 33.9 Å². The number of halogens is 3. The van der Waals surface area contributed by atoms with Gasteiger partial charge in [-0.3, -0.25) is 15.1 Å². The summed E-state index contributed by atoms with van der Waals surface area (Å²) in [6.45, 7) is 8.61. The molecule has 3 amide bonds. The van der Waals surface area contributed by atoms with Crippen LogP contribution in [-0.4, -0.2) is 33.4 Å². The monoisotopic (exact) mass is 494 g/mol. The van der Waals surface area contributed by atoms with E-state index in [1.807, 2.05) is 0 Å². The highest BCUT2D eigenvalue weighted by atomic mass is 32.1. The van der Waals surface area contributed by atoms with Crippen LogP contribution >= 0.6 is 11.3 Å². The summed E-state index contributed by atoms with van der Waals surface area (Å²) < 4.78 is 39.1. The molecule has 0 aliphatic heterocycles. The summed E-state index contributed by atoms with van der Waals surface area (Å²) in [4.78, 5) is 35.0.